The Labute approximate surface area is 120 Å². The SMILES string of the molecule is CNCc1cc(C)c(OCc2cccc(O)c2)c(C)c1. The Morgan fingerprint density at radius 1 is 1.05 bits per heavy atom. The van der Waals surface area contributed by atoms with Gasteiger partial charge in [-0.25, -0.2) is 0 Å². The van der Waals surface area contributed by atoms with E-state index in [9.17, 15) is 5.11 Å². The third kappa shape index (κ3) is 3.52. The summed E-state index contributed by atoms with van der Waals surface area (Å²) in [5.74, 6) is 1.19. The standard InChI is InChI=1S/C17H21NO2/c1-12-7-15(10-18-3)8-13(2)17(12)20-11-14-5-4-6-16(19)9-14/h4-9,18-19H,10-11H2,1-3H3. The van der Waals surface area contributed by atoms with Crippen molar-refractivity contribution < 1.29 is 9.84 Å². The largest absolute Gasteiger partial charge is 0.508 e. The van der Waals surface area contributed by atoms with Gasteiger partial charge in [-0.15, -0.1) is 0 Å². The maximum absolute atomic E-state index is 9.45. The molecule has 0 radical (unpaired) electrons. The predicted molar refractivity (Wildman–Crippen MR) is 81.1 cm³/mol. The highest BCUT2D eigenvalue weighted by atomic mass is 16.5. The van der Waals surface area contributed by atoms with Crippen LogP contribution in [0.5, 0.6) is 11.5 Å². The smallest absolute Gasteiger partial charge is 0.125 e. The molecule has 2 aromatic rings. The minimum Gasteiger partial charge on any atom is -0.508 e. The van der Waals surface area contributed by atoms with Gasteiger partial charge in [0.25, 0.3) is 0 Å². The van der Waals surface area contributed by atoms with Gasteiger partial charge in [0, 0.05) is 6.54 Å². The van der Waals surface area contributed by atoms with E-state index in [2.05, 4.69) is 31.3 Å². The Balaban J connectivity index is 2.13. The molecule has 0 heterocycles. The van der Waals surface area contributed by atoms with E-state index in [1.165, 1.54) is 5.56 Å². The zero-order chi connectivity index (χ0) is 14.5. The number of rotatable bonds is 5. The number of phenols is 1. The summed E-state index contributed by atoms with van der Waals surface area (Å²) in [5, 5.41) is 12.6. The molecule has 3 heteroatoms. The van der Waals surface area contributed by atoms with Crippen molar-refractivity contribution >= 4 is 0 Å². The van der Waals surface area contributed by atoms with Gasteiger partial charge in [-0.2, -0.15) is 0 Å². The van der Waals surface area contributed by atoms with Crippen LogP contribution < -0.4 is 10.1 Å². The minimum atomic E-state index is 0.268. The summed E-state index contributed by atoms with van der Waals surface area (Å²) in [5.41, 5.74) is 4.49. The molecule has 106 valence electrons. The molecule has 0 saturated heterocycles. The van der Waals surface area contributed by atoms with E-state index >= 15 is 0 Å². The van der Waals surface area contributed by atoms with Crippen LogP contribution in [0.3, 0.4) is 0 Å². The second-order valence-corrected chi connectivity index (χ2v) is 5.05. The zero-order valence-corrected chi connectivity index (χ0v) is 12.2. The summed E-state index contributed by atoms with van der Waals surface area (Å²) in [6.07, 6.45) is 0. The molecule has 2 rings (SSSR count). The Bertz CT molecular complexity index is 570. The molecule has 0 aliphatic rings. The molecule has 2 aromatic carbocycles. The van der Waals surface area contributed by atoms with Gasteiger partial charge >= 0.3 is 0 Å². The zero-order valence-electron chi connectivity index (χ0n) is 12.2. The molecule has 3 nitrogen and oxygen atoms in total. The van der Waals surface area contributed by atoms with Crippen LogP contribution in [0, 0.1) is 13.8 Å². The first-order valence-electron chi connectivity index (χ1n) is 6.75. The molecule has 20 heavy (non-hydrogen) atoms. The molecular formula is C17H21NO2. The topological polar surface area (TPSA) is 41.5 Å². The Morgan fingerprint density at radius 2 is 1.75 bits per heavy atom. The van der Waals surface area contributed by atoms with Crippen molar-refractivity contribution in [3.8, 4) is 11.5 Å². The molecule has 0 aliphatic heterocycles. The summed E-state index contributed by atoms with van der Waals surface area (Å²) < 4.78 is 5.91. The molecule has 0 aliphatic carbocycles. The van der Waals surface area contributed by atoms with Crippen molar-refractivity contribution in [3.63, 3.8) is 0 Å². The summed E-state index contributed by atoms with van der Waals surface area (Å²) in [4.78, 5) is 0. The molecule has 0 bridgehead atoms. The van der Waals surface area contributed by atoms with Crippen molar-refractivity contribution in [1.29, 1.82) is 0 Å². The minimum absolute atomic E-state index is 0.268. The van der Waals surface area contributed by atoms with E-state index < -0.39 is 0 Å². The Kier molecular flexibility index (Phi) is 4.64. The third-order valence-corrected chi connectivity index (χ3v) is 3.19. The number of nitrogens with one attached hydrogen (secondary N) is 1. The van der Waals surface area contributed by atoms with Gasteiger partial charge < -0.3 is 15.2 Å². The predicted octanol–water partition coefficient (Wildman–Crippen LogP) is 3.31. The molecule has 2 N–H and O–H groups in total. The maximum atomic E-state index is 9.45. The quantitative estimate of drug-likeness (QED) is 0.876. The summed E-state index contributed by atoms with van der Waals surface area (Å²) in [6.45, 7) is 5.43. The lowest BCUT2D eigenvalue weighted by Crippen LogP contribution is -2.06. The van der Waals surface area contributed by atoms with Gasteiger partial charge in [0.2, 0.25) is 0 Å². The first kappa shape index (κ1) is 14.4. The van der Waals surface area contributed by atoms with Gasteiger partial charge in [0.15, 0.2) is 0 Å². The number of ether oxygens (including phenoxy) is 1. The third-order valence-electron chi connectivity index (χ3n) is 3.19. The second-order valence-electron chi connectivity index (χ2n) is 5.05. The van der Waals surface area contributed by atoms with Crippen LogP contribution >= 0.6 is 0 Å². The van der Waals surface area contributed by atoms with Gasteiger partial charge in [0.1, 0.15) is 18.1 Å². The Hall–Kier alpha value is -2.00. The number of hydrogen-bond acceptors (Lipinski definition) is 3. The number of aromatic hydroxyl groups is 1. The van der Waals surface area contributed by atoms with Crippen LogP contribution in [0.1, 0.15) is 22.3 Å². The number of benzene rings is 2. The number of aryl methyl sites for hydroxylation is 2. The van der Waals surface area contributed by atoms with Crippen LogP contribution in [-0.4, -0.2) is 12.2 Å². The molecular weight excluding hydrogens is 250 g/mol. The second kappa shape index (κ2) is 6.44. The molecule has 0 saturated carbocycles. The number of hydrogen-bond donors (Lipinski definition) is 2. The fourth-order valence-corrected chi connectivity index (χ4v) is 2.38. The van der Waals surface area contributed by atoms with Crippen LogP contribution in [0.4, 0.5) is 0 Å². The van der Waals surface area contributed by atoms with E-state index in [0.29, 0.717) is 6.61 Å². The van der Waals surface area contributed by atoms with Crippen molar-refractivity contribution in [2.45, 2.75) is 27.0 Å². The molecule has 0 fully saturated rings. The lowest BCUT2D eigenvalue weighted by molar-refractivity contribution is 0.301. The van der Waals surface area contributed by atoms with Gasteiger partial charge in [0.05, 0.1) is 0 Å². The van der Waals surface area contributed by atoms with E-state index in [-0.39, 0.29) is 5.75 Å². The van der Waals surface area contributed by atoms with Crippen LogP contribution in [-0.2, 0) is 13.2 Å². The molecule has 0 amide bonds. The highest BCUT2D eigenvalue weighted by Crippen LogP contribution is 2.26. The monoisotopic (exact) mass is 271 g/mol. The average molecular weight is 271 g/mol. The molecule has 0 spiro atoms. The van der Waals surface area contributed by atoms with Crippen LogP contribution in [0.2, 0.25) is 0 Å². The van der Waals surface area contributed by atoms with E-state index in [0.717, 1.165) is 29.0 Å². The van der Waals surface area contributed by atoms with Crippen LogP contribution in [0.25, 0.3) is 0 Å². The summed E-state index contributed by atoms with van der Waals surface area (Å²) in [6, 6.07) is 11.4. The number of phenolic OH excluding ortho intramolecular Hbond substituents is 1. The van der Waals surface area contributed by atoms with Crippen LogP contribution in [0.15, 0.2) is 36.4 Å². The lowest BCUT2D eigenvalue weighted by Gasteiger charge is -2.14. The van der Waals surface area contributed by atoms with E-state index in [4.69, 9.17) is 4.74 Å². The normalized spacial score (nSPS) is 10.6. The first-order valence-corrected chi connectivity index (χ1v) is 6.75. The molecule has 0 unspecified atom stereocenters. The average Bonchev–Trinajstić information content (AvgIpc) is 2.38. The van der Waals surface area contributed by atoms with Crippen molar-refractivity contribution in [3.05, 3.63) is 58.7 Å². The van der Waals surface area contributed by atoms with E-state index in [1.54, 1.807) is 12.1 Å². The maximum Gasteiger partial charge on any atom is 0.125 e. The molecule has 0 atom stereocenters. The molecule has 0 aromatic heterocycles. The van der Waals surface area contributed by atoms with Crippen molar-refractivity contribution in [2.75, 3.05) is 7.05 Å². The Morgan fingerprint density at radius 3 is 2.35 bits per heavy atom. The lowest BCUT2D eigenvalue weighted by atomic mass is 10.1. The highest BCUT2D eigenvalue weighted by Gasteiger charge is 2.07. The fraction of sp³-hybridized carbons (Fsp3) is 0.294. The van der Waals surface area contributed by atoms with Gasteiger partial charge in [-0.1, -0.05) is 24.3 Å². The van der Waals surface area contributed by atoms with Crippen molar-refractivity contribution in [2.24, 2.45) is 0 Å². The highest BCUT2D eigenvalue weighted by molar-refractivity contribution is 5.43. The van der Waals surface area contributed by atoms with E-state index in [1.807, 2.05) is 19.2 Å². The van der Waals surface area contributed by atoms with Gasteiger partial charge in [-0.05, 0) is 55.3 Å². The summed E-state index contributed by atoms with van der Waals surface area (Å²) >= 11 is 0. The fourth-order valence-electron chi connectivity index (χ4n) is 2.38. The van der Waals surface area contributed by atoms with Gasteiger partial charge in [-0.3, -0.25) is 0 Å². The van der Waals surface area contributed by atoms with Crippen molar-refractivity contribution in [1.82, 2.24) is 5.32 Å². The first-order chi connectivity index (χ1) is 9.60. The summed E-state index contributed by atoms with van der Waals surface area (Å²) in [7, 11) is 1.94.